The molecule has 3 aromatic rings. The molecule has 4 rings (SSSR count). The molecule has 0 atom stereocenters. The summed E-state index contributed by atoms with van der Waals surface area (Å²) in [7, 11) is 0. The SMILES string of the molecule is O=C(c1ccc(-c2ccccc2)cc1)N1CCN(Cc2ccccc2)CC1. The van der Waals surface area contributed by atoms with E-state index in [1.165, 1.54) is 11.1 Å². The lowest BCUT2D eigenvalue weighted by Gasteiger charge is -2.34. The Morgan fingerprint density at radius 1 is 0.667 bits per heavy atom. The van der Waals surface area contributed by atoms with E-state index in [9.17, 15) is 4.79 Å². The van der Waals surface area contributed by atoms with Crippen molar-refractivity contribution in [1.82, 2.24) is 9.80 Å². The molecule has 1 heterocycles. The quantitative estimate of drug-likeness (QED) is 0.695. The summed E-state index contributed by atoms with van der Waals surface area (Å²) >= 11 is 0. The molecule has 0 spiro atoms. The molecule has 0 aliphatic carbocycles. The van der Waals surface area contributed by atoms with E-state index in [4.69, 9.17) is 0 Å². The second kappa shape index (κ2) is 8.19. The molecule has 1 fully saturated rings. The molecule has 0 radical (unpaired) electrons. The molecule has 0 saturated carbocycles. The molecule has 27 heavy (non-hydrogen) atoms. The van der Waals surface area contributed by atoms with Crippen molar-refractivity contribution < 1.29 is 4.79 Å². The summed E-state index contributed by atoms with van der Waals surface area (Å²) in [5, 5.41) is 0. The molecule has 0 N–H and O–H groups in total. The minimum absolute atomic E-state index is 0.133. The van der Waals surface area contributed by atoms with E-state index in [1.807, 2.05) is 53.4 Å². The van der Waals surface area contributed by atoms with Gasteiger partial charge in [-0.15, -0.1) is 0 Å². The lowest BCUT2D eigenvalue weighted by atomic mass is 10.0. The fraction of sp³-hybridized carbons (Fsp3) is 0.208. The Labute approximate surface area is 160 Å². The molecule has 1 saturated heterocycles. The minimum Gasteiger partial charge on any atom is -0.336 e. The molecule has 136 valence electrons. The average Bonchev–Trinajstić information content (AvgIpc) is 2.75. The standard InChI is InChI=1S/C24H24N2O/c27-24(23-13-11-22(12-14-23)21-9-5-2-6-10-21)26-17-15-25(16-18-26)19-20-7-3-1-4-8-20/h1-14H,15-19H2. The summed E-state index contributed by atoms with van der Waals surface area (Å²) in [5.74, 6) is 0.133. The van der Waals surface area contributed by atoms with Gasteiger partial charge in [-0.2, -0.15) is 0 Å². The molecular weight excluding hydrogens is 332 g/mol. The van der Waals surface area contributed by atoms with Crippen LogP contribution in [0.5, 0.6) is 0 Å². The van der Waals surface area contributed by atoms with Crippen molar-refractivity contribution in [1.29, 1.82) is 0 Å². The van der Waals surface area contributed by atoms with Crippen LogP contribution in [-0.4, -0.2) is 41.9 Å². The highest BCUT2D eigenvalue weighted by Gasteiger charge is 2.22. The van der Waals surface area contributed by atoms with E-state index in [2.05, 4.69) is 41.3 Å². The molecule has 1 aliphatic rings. The van der Waals surface area contributed by atoms with Crippen molar-refractivity contribution in [3.8, 4) is 11.1 Å². The summed E-state index contributed by atoms with van der Waals surface area (Å²) in [4.78, 5) is 17.2. The number of rotatable bonds is 4. The Bertz CT molecular complexity index is 867. The lowest BCUT2D eigenvalue weighted by molar-refractivity contribution is 0.0628. The summed E-state index contributed by atoms with van der Waals surface area (Å²) in [6.45, 7) is 4.36. The molecule has 1 amide bonds. The monoisotopic (exact) mass is 356 g/mol. The Morgan fingerprint density at radius 2 is 1.22 bits per heavy atom. The number of carbonyl (C=O) groups is 1. The first-order valence-electron chi connectivity index (χ1n) is 9.51. The maximum Gasteiger partial charge on any atom is 0.253 e. The van der Waals surface area contributed by atoms with Gasteiger partial charge in [0.2, 0.25) is 0 Å². The summed E-state index contributed by atoms with van der Waals surface area (Å²) < 4.78 is 0. The van der Waals surface area contributed by atoms with Gasteiger partial charge in [0.15, 0.2) is 0 Å². The number of hydrogen-bond acceptors (Lipinski definition) is 2. The van der Waals surface area contributed by atoms with Crippen LogP contribution in [0.4, 0.5) is 0 Å². The third-order valence-electron chi connectivity index (χ3n) is 5.15. The predicted molar refractivity (Wildman–Crippen MR) is 110 cm³/mol. The molecule has 3 heteroatoms. The van der Waals surface area contributed by atoms with Crippen LogP contribution in [-0.2, 0) is 6.54 Å². The van der Waals surface area contributed by atoms with Gasteiger partial charge < -0.3 is 4.90 Å². The van der Waals surface area contributed by atoms with Crippen molar-refractivity contribution in [2.75, 3.05) is 26.2 Å². The maximum absolute atomic E-state index is 12.8. The van der Waals surface area contributed by atoms with Gasteiger partial charge in [-0.05, 0) is 28.8 Å². The predicted octanol–water partition coefficient (Wildman–Crippen LogP) is 4.31. The fourth-order valence-corrected chi connectivity index (χ4v) is 3.57. The number of hydrogen-bond donors (Lipinski definition) is 0. The van der Waals surface area contributed by atoms with Gasteiger partial charge in [0.1, 0.15) is 0 Å². The highest BCUT2D eigenvalue weighted by molar-refractivity contribution is 5.94. The molecular formula is C24H24N2O. The highest BCUT2D eigenvalue weighted by atomic mass is 16.2. The number of benzene rings is 3. The van der Waals surface area contributed by atoms with Gasteiger partial charge in [-0.25, -0.2) is 0 Å². The maximum atomic E-state index is 12.8. The van der Waals surface area contributed by atoms with Crippen LogP contribution >= 0.6 is 0 Å². The van der Waals surface area contributed by atoms with Crippen LogP contribution < -0.4 is 0 Å². The van der Waals surface area contributed by atoms with Gasteiger partial charge in [-0.3, -0.25) is 9.69 Å². The average molecular weight is 356 g/mol. The Morgan fingerprint density at radius 3 is 1.85 bits per heavy atom. The van der Waals surface area contributed by atoms with E-state index in [0.29, 0.717) is 0 Å². The van der Waals surface area contributed by atoms with Crippen molar-refractivity contribution in [3.05, 3.63) is 96.1 Å². The van der Waals surface area contributed by atoms with E-state index >= 15 is 0 Å². The van der Waals surface area contributed by atoms with Crippen molar-refractivity contribution in [3.63, 3.8) is 0 Å². The van der Waals surface area contributed by atoms with E-state index in [1.54, 1.807) is 0 Å². The van der Waals surface area contributed by atoms with Crippen molar-refractivity contribution in [2.45, 2.75) is 6.54 Å². The number of nitrogens with zero attached hydrogens (tertiary/aromatic N) is 2. The molecule has 0 unspecified atom stereocenters. The van der Waals surface area contributed by atoms with Crippen LogP contribution in [0.3, 0.4) is 0 Å². The zero-order valence-corrected chi connectivity index (χ0v) is 15.4. The number of piperazine rings is 1. The van der Waals surface area contributed by atoms with E-state index < -0.39 is 0 Å². The molecule has 0 bridgehead atoms. The largest absolute Gasteiger partial charge is 0.336 e. The summed E-state index contributed by atoms with van der Waals surface area (Å²) in [6, 6.07) is 28.7. The van der Waals surface area contributed by atoms with Gasteiger partial charge in [0.25, 0.3) is 5.91 Å². The Kier molecular flexibility index (Phi) is 5.31. The van der Waals surface area contributed by atoms with Crippen molar-refractivity contribution in [2.24, 2.45) is 0 Å². The Balaban J connectivity index is 1.35. The highest BCUT2D eigenvalue weighted by Crippen LogP contribution is 2.20. The van der Waals surface area contributed by atoms with Gasteiger partial charge >= 0.3 is 0 Å². The first-order valence-corrected chi connectivity index (χ1v) is 9.51. The molecule has 0 aromatic heterocycles. The zero-order valence-electron chi connectivity index (χ0n) is 15.4. The topological polar surface area (TPSA) is 23.6 Å². The molecule has 3 nitrogen and oxygen atoms in total. The van der Waals surface area contributed by atoms with Crippen molar-refractivity contribution >= 4 is 5.91 Å². The molecule has 3 aromatic carbocycles. The fourth-order valence-electron chi connectivity index (χ4n) is 3.57. The van der Waals surface area contributed by atoms with Gasteiger partial charge in [0.05, 0.1) is 0 Å². The second-order valence-corrected chi connectivity index (χ2v) is 7.00. The van der Waals surface area contributed by atoms with E-state index in [0.717, 1.165) is 43.9 Å². The third-order valence-corrected chi connectivity index (χ3v) is 5.15. The summed E-state index contributed by atoms with van der Waals surface area (Å²) in [6.07, 6.45) is 0. The van der Waals surface area contributed by atoms with Crippen LogP contribution in [0.15, 0.2) is 84.9 Å². The minimum atomic E-state index is 0.133. The first kappa shape index (κ1) is 17.5. The van der Waals surface area contributed by atoms with Gasteiger partial charge in [0, 0.05) is 38.3 Å². The molecule has 1 aliphatic heterocycles. The van der Waals surface area contributed by atoms with Crippen LogP contribution in [0, 0.1) is 0 Å². The third kappa shape index (κ3) is 4.26. The first-order chi connectivity index (χ1) is 13.3. The van der Waals surface area contributed by atoms with Crippen LogP contribution in [0.25, 0.3) is 11.1 Å². The Hall–Kier alpha value is -2.91. The van der Waals surface area contributed by atoms with Crippen LogP contribution in [0.2, 0.25) is 0 Å². The normalized spacial score (nSPS) is 14.9. The second-order valence-electron chi connectivity index (χ2n) is 7.00. The van der Waals surface area contributed by atoms with Gasteiger partial charge in [-0.1, -0.05) is 72.8 Å². The lowest BCUT2D eigenvalue weighted by Crippen LogP contribution is -2.48. The zero-order chi connectivity index (χ0) is 18.5. The summed E-state index contributed by atoms with van der Waals surface area (Å²) in [5.41, 5.74) is 4.41. The van der Waals surface area contributed by atoms with E-state index in [-0.39, 0.29) is 5.91 Å². The smallest absolute Gasteiger partial charge is 0.253 e. The number of amides is 1. The van der Waals surface area contributed by atoms with Crippen LogP contribution in [0.1, 0.15) is 15.9 Å². The number of carbonyl (C=O) groups excluding carboxylic acids is 1.